The molecule has 0 bridgehead atoms. The quantitative estimate of drug-likeness (QED) is 0.440. The fraction of sp³-hybridized carbons (Fsp3) is 1.00. The molecule has 0 amide bonds. The summed E-state index contributed by atoms with van der Waals surface area (Å²) < 4.78 is 21.5. The molecule has 0 aromatic heterocycles. The first-order chi connectivity index (χ1) is 9.85. The third kappa shape index (κ3) is 14.2. The molecule has 0 rings (SSSR count). The smallest absolute Gasteiger partial charge is 0.0704 e. The van der Waals surface area contributed by atoms with E-state index >= 15 is 0 Å². The Labute approximate surface area is 124 Å². The van der Waals surface area contributed by atoms with Gasteiger partial charge in [0.2, 0.25) is 0 Å². The topological polar surface area (TPSA) is 49.0 Å². The van der Waals surface area contributed by atoms with E-state index < -0.39 is 0 Å². The van der Waals surface area contributed by atoms with Crippen LogP contribution in [-0.4, -0.2) is 65.9 Å². The molecule has 1 N–H and O–H groups in total. The summed E-state index contributed by atoms with van der Waals surface area (Å²) in [6.07, 6.45) is 3.70. The van der Waals surface area contributed by atoms with Crippen molar-refractivity contribution in [2.45, 2.75) is 39.2 Å². The molecule has 5 nitrogen and oxygen atoms in total. The van der Waals surface area contributed by atoms with Crippen LogP contribution in [-0.2, 0) is 18.9 Å². The zero-order valence-electron chi connectivity index (χ0n) is 13.5. The fourth-order valence-corrected chi connectivity index (χ4v) is 1.74. The van der Waals surface area contributed by atoms with E-state index in [0.29, 0.717) is 45.7 Å². The van der Waals surface area contributed by atoms with Gasteiger partial charge in [-0.3, -0.25) is 0 Å². The average molecular weight is 291 g/mol. The monoisotopic (exact) mass is 291 g/mol. The average Bonchev–Trinajstić information content (AvgIpc) is 2.45. The molecule has 122 valence electrons. The van der Waals surface area contributed by atoms with Crippen LogP contribution in [0, 0.1) is 0 Å². The molecule has 0 saturated carbocycles. The molecule has 1 unspecified atom stereocenters. The maximum atomic E-state index is 5.83. The first-order valence-corrected chi connectivity index (χ1v) is 7.81. The second-order valence-corrected chi connectivity index (χ2v) is 4.70. The molecule has 0 aromatic rings. The van der Waals surface area contributed by atoms with Crippen molar-refractivity contribution in [3.05, 3.63) is 0 Å². The van der Waals surface area contributed by atoms with Crippen molar-refractivity contribution in [1.29, 1.82) is 0 Å². The summed E-state index contributed by atoms with van der Waals surface area (Å²) in [6, 6.07) is 0. The Morgan fingerprint density at radius 3 is 2.10 bits per heavy atom. The van der Waals surface area contributed by atoms with Gasteiger partial charge in [-0.1, -0.05) is 20.3 Å². The SMILES string of the molecule is CCCNCC(CCC)OCCOCCOCCOC. The zero-order chi connectivity index (χ0) is 14.9. The first kappa shape index (κ1) is 19.8. The molecular weight excluding hydrogens is 258 g/mol. The minimum absolute atomic E-state index is 0.299. The van der Waals surface area contributed by atoms with E-state index in [4.69, 9.17) is 18.9 Å². The van der Waals surface area contributed by atoms with E-state index in [0.717, 1.165) is 32.4 Å². The predicted octanol–water partition coefficient (Wildman–Crippen LogP) is 1.85. The third-order valence-electron chi connectivity index (χ3n) is 2.79. The Balaban J connectivity index is 3.34. The van der Waals surface area contributed by atoms with Crippen LogP contribution in [0.3, 0.4) is 0 Å². The van der Waals surface area contributed by atoms with Gasteiger partial charge in [-0.15, -0.1) is 0 Å². The molecule has 0 aliphatic rings. The number of nitrogens with one attached hydrogen (secondary N) is 1. The molecular formula is C15H33NO4. The molecule has 0 fully saturated rings. The number of hydrogen-bond acceptors (Lipinski definition) is 5. The number of methoxy groups -OCH3 is 1. The number of rotatable bonds is 16. The van der Waals surface area contributed by atoms with Crippen LogP contribution in [0.2, 0.25) is 0 Å². The summed E-state index contributed by atoms with van der Waals surface area (Å²) >= 11 is 0. The third-order valence-corrected chi connectivity index (χ3v) is 2.79. The van der Waals surface area contributed by atoms with Gasteiger partial charge in [0.25, 0.3) is 0 Å². The standard InChI is InChI=1S/C15H33NO4/c1-4-6-15(14-16-7-5-2)20-13-12-19-11-10-18-9-8-17-3/h15-16H,4-14H2,1-3H3. The van der Waals surface area contributed by atoms with Gasteiger partial charge in [0.15, 0.2) is 0 Å². The molecule has 0 radical (unpaired) electrons. The summed E-state index contributed by atoms with van der Waals surface area (Å²) in [5.74, 6) is 0. The Bertz CT molecular complexity index is 181. The van der Waals surface area contributed by atoms with Crippen LogP contribution in [0.15, 0.2) is 0 Å². The van der Waals surface area contributed by atoms with Crippen LogP contribution >= 0.6 is 0 Å². The van der Waals surface area contributed by atoms with E-state index in [1.54, 1.807) is 7.11 Å². The molecule has 0 aliphatic heterocycles. The van der Waals surface area contributed by atoms with Gasteiger partial charge in [-0.05, 0) is 19.4 Å². The lowest BCUT2D eigenvalue weighted by atomic mass is 10.2. The maximum absolute atomic E-state index is 5.83. The van der Waals surface area contributed by atoms with E-state index in [2.05, 4.69) is 19.2 Å². The lowest BCUT2D eigenvalue weighted by Gasteiger charge is -2.18. The highest BCUT2D eigenvalue weighted by atomic mass is 16.6. The van der Waals surface area contributed by atoms with Crippen molar-refractivity contribution in [3.8, 4) is 0 Å². The molecule has 1 atom stereocenters. The molecule has 0 aliphatic carbocycles. The van der Waals surface area contributed by atoms with Crippen LogP contribution in [0.5, 0.6) is 0 Å². The second kappa shape index (κ2) is 16.9. The minimum Gasteiger partial charge on any atom is -0.382 e. The predicted molar refractivity (Wildman–Crippen MR) is 81.3 cm³/mol. The van der Waals surface area contributed by atoms with Gasteiger partial charge in [0, 0.05) is 13.7 Å². The van der Waals surface area contributed by atoms with E-state index in [1.165, 1.54) is 0 Å². The van der Waals surface area contributed by atoms with Gasteiger partial charge in [0.05, 0.1) is 45.7 Å². The largest absolute Gasteiger partial charge is 0.382 e. The summed E-state index contributed by atoms with van der Waals surface area (Å²) in [7, 11) is 1.67. The fourth-order valence-electron chi connectivity index (χ4n) is 1.74. The highest BCUT2D eigenvalue weighted by molar-refractivity contribution is 4.61. The molecule has 0 saturated heterocycles. The first-order valence-electron chi connectivity index (χ1n) is 7.81. The van der Waals surface area contributed by atoms with Crippen molar-refractivity contribution in [2.75, 3.05) is 59.8 Å². The Morgan fingerprint density at radius 2 is 1.50 bits per heavy atom. The van der Waals surface area contributed by atoms with Crippen LogP contribution in [0.4, 0.5) is 0 Å². The summed E-state index contributed by atoms with van der Waals surface area (Å²) in [6.45, 7) is 10.1. The van der Waals surface area contributed by atoms with Crippen molar-refractivity contribution in [1.82, 2.24) is 5.32 Å². The highest BCUT2D eigenvalue weighted by Crippen LogP contribution is 2.01. The molecule has 5 heteroatoms. The van der Waals surface area contributed by atoms with Gasteiger partial charge in [0.1, 0.15) is 0 Å². The van der Waals surface area contributed by atoms with Crippen molar-refractivity contribution in [3.63, 3.8) is 0 Å². The molecule has 0 heterocycles. The number of ether oxygens (including phenoxy) is 4. The van der Waals surface area contributed by atoms with Crippen LogP contribution in [0.1, 0.15) is 33.1 Å². The van der Waals surface area contributed by atoms with E-state index in [-0.39, 0.29) is 0 Å². The second-order valence-electron chi connectivity index (χ2n) is 4.70. The van der Waals surface area contributed by atoms with Crippen molar-refractivity contribution >= 4 is 0 Å². The number of hydrogen-bond donors (Lipinski definition) is 1. The highest BCUT2D eigenvalue weighted by Gasteiger charge is 2.06. The zero-order valence-corrected chi connectivity index (χ0v) is 13.5. The molecule has 20 heavy (non-hydrogen) atoms. The Morgan fingerprint density at radius 1 is 0.850 bits per heavy atom. The van der Waals surface area contributed by atoms with Crippen LogP contribution in [0.25, 0.3) is 0 Å². The van der Waals surface area contributed by atoms with Crippen molar-refractivity contribution < 1.29 is 18.9 Å². The van der Waals surface area contributed by atoms with Gasteiger partial charge >= 0.3 is 0 Å². The minimum atomic E-state index is 0.299. The van der Waals surface area contributed by atoms with E-state index in [9.17, 15) is 0 Å². The maximum Gasteiger partial charge on any atom is 0.0704 e. The Kier molecular flexibility index (Phi) is 16.7. The molecule has 0 aromatic carbocycles. The summed E-state index contributed by atoms with van der Waals surface area (Å²) in [5, 5.41) is 3.40. The van der Waals surface area contributed by atoms with Gasteiger partial charge in [-0.2, -0.15) is 0 Å². The Hall–Kier alpha value is -0.200. The summed E-state index contributed by atoms with van der Waals surface area (Å²) in [5.41, 5.74) is 0. The van der Waals surface area contributed by atoms with E-state index in [1.807, 2.05) is 0 Å². The van der Waals surface area contributed by atoms with Crippen LogP contribution < -0.4 is 5.32 Å². The normalized spacial score (nSPS) is 12.8. The lowest BCUT2D eigenvalue weighted by molar-refractivity contribution is -0.0178. The van der Waals surface area contributed by atoms with Crippen molar-refractivity contribution in [2.24, 2.45) is 0 Å². The summed E-state index contributed by atoms with van der Waals surface area (Å²) in [4.78, 5) is 0. The molecule has 0 spiro atoms. The lowest BCUT2D eigenvalue weighted by Crippen LogP contribution is -2.30. The van der Waals surface area contributed by atoms with Gasteiger partial charge in [-0.25, -0.2) is 0 Å². The van der Waals surface area contributed by atoms with Gasteiger partial charge < -0.3 is 24.3 Å².